The Bertz CT molecular complexity index is 1010. The average molecular weight is 391 g/mol. The van der Waals surface area contributed by atoms with Crippen LogP contribution in [0.1, 0.15) is 34.3 Å². The lowest BCUT2D eigenvalue weighted by atomic mass is 10.0. The number of carbonyl (C=O) groups excluding carboxylic acids is 2. The summed E-state index contributed by atoms with van der Waals surface area (Å²) in [5, 5.41) is 7.57. The molecule has 0 aliphatic carbocycles. The first kappa shape index (κ1) is 20.3. The van der Waals surface area contributed by atoms with Gasteiger partial charge in [-0.25, -0.2) is 4.68 Å². The van der Waals surface area contributed by atoms with E-state index in [4.69, 9.17) is 5.10 Å². The van der Waals surface area contributed by atoms with E-state index in [0.29, 0.717) is 24.2 Å². The Balaban J connectivity index is 1.89. The average Bonchev–Trinajstić information content (AvgIpc) is 3.19. The van der Waals surface area contributed by atoms with Crippen LogP contribution in [0.4, 0.5) is 0 Å². The molecule has 6 nitrogen and oxygen atoms in total. The van der Waals surface area contributed by atoms with Crippen molar-refractivity contribution >= 4 is 11.9 Å². The number of esters is 1. The number of methoxy groups -OCH3 is 1. The van der Waals surface area contributed by atoms with Gasteiger partial charge in [0.2, 0.25) is 0 Å². The van der Waals surface area contributed by atoms with Gasteiger partial charge in [-0.1, -0.05) is 30.3 Å². The molecule has 1 amide bonds. The third-order valence-electron chi connectivity index (χ3n) is 4.83. The molecule has 0 atom stereocenters. The molecule has 1 aromatic heterocycles. The molecule has 0 bridgehead atoms. The SMILES string of the molecule is COC(=O)CCCNC(=O)c1cn(-c2ccccc2)nc1-c1ccc(C)c(C)c1. The summed E-state index contributed by atoms with van der Waals surface area (Å²) in [6.07, 6.45) is 2.53. The Morgan fingerprint density at radius 3 is 2.52 bits per heavy atom. The topological polar surface area (TPSA) is 73.2 Å². The summed E-state index contributed by atoms with van der Waals surface area (Å²) in [4.78, 5) is 24.1. The van der Waals surface area contributed by atoms with Gasteiger partial charge >= 0.3 is 5.97 Å². The van der Waals surface area contributed by atoms with Crippen molar-refractivity contribution in [2.24, 2.45) is 0 Å². The predicted octanol–water partition coefficient (Wildman–Crippen LogP) is 3.84. The number of benzene rings is 2. The highest BCUT2D eigenvalue weighted by molar-refractivity contribution is 6.00. The minimum atomic E-state index is -0.285. The Morgan fingerprint density at radius 2 is 1.83 bits per heavy atom. The highest BCUT2D eigenvalue weighted by Crippen LogP contribution is 2.26. The van der Waals surface area contributed by atoms with Crippen molar-refractivity contribution in [2.45, 2.75) is 26.7 Å². The van der Waals surface area contributed by atoms with Crippen molar-refractivity contribution in [3.05, 3.63) is 71.4 Å². The summed E-state index contributed by atoms with van der Waals surface area (Å²) in [7, 11) is 1.36. The van der Waals surface area contributed by atoms with Crippen LogP contribution in [-0.2, 0) is 9.53 Å². The quantitative estimate of drug-likeness (QED) is 0.491. The van der Waals surface area contributed by atoms with E-state index in [9.17, 15) is 9.59 Å². The number of hydrogen-bond acceptors (Lipinski definition) is 4. The largest absolute Gasteiger partial charge is 0.469 e. The van der Waals surface area contributed by atoms with Gasteiger partial charge in [0.05, 0.1) is 18.4 Å². The Hall–Kier alpha value is -3.41. The molecule has 6 heteroatoms. The van der Waals surface area contributed by atoms with Crippen LogP contribution in [-0.4, -0.2) is 35.3 Å². The second kappa shape index (κ2) is 9.19. The van der Waals surface area contributed by atoms with E-state index in [1.807, 2.05) is 55.5 Å². The first-order valence-corrected chi connectivity index (χ1v) is 9.57. The van der Waals surface area contributed by atoms with Crippen molar-refractivity contribution in [1.29, 1.82) is 0 Å². The van der Waals surface area contributed by atoms with E-state index in [0.717, 1.165) is 16.8 Å². The fourth-order valence-corrected chi connectivity index (χ4v) is 2.99. The summed E-state index contributed by atoms with van der Waals surface area (Å²) >= 11 is 0. The van der Waals surface area contributed by atoms with E-state index in [1.54, 1.807) is 10.9 Å². The number of carbonyl (C=O) groups is 2. The number of nitrogens with one attached hydrogen (secondary N) is 1. The molecule has 1 heterocycles. The number of ether oxygens (including phenoxy) is 1. The molecule has 1 N–H and O–H groups in total. The number of rotatable bonds is 7. The first-order valence-electron chi connectivity index (χ1n) is 9.57. The molecule has 0 unspecified atom stereocenters. The molecule has 0 aliphatic rings. The summed E-state index contributed by atoms with van der Waals surface area (Å²) in [6, 6.07) is 15.7. The van der Waals surface area contributed by atoms with Crippen LogP contribution in [0.15, 0.2) is 54.7 Å². The summed E-state index contributed by atoms with van der Waals surface area (Å²) in [5.41, 5.74) is 5.22. The van der Waals surface area contributed by atoms with Gasteiger partial charge in [-0.3, -0.25) is 9.59 Å². The molecule has 3 aromatic rings. The van der Waals surface area contributed by atoms with E-state index in [-0.39, 0.29) is 18.3 Å². The standard InChI is InChI=1S/C23H25N3O3/c1-16-11-12-18(14-17(16)2)22-20(23(28)24-13-7-10-21(27)29-3)15-26(25-22)19-8-5-4-6-9-19/h4-6,8-9,11-12,14-15H,7,10,13H2,1-3H3,(H,24,28). The lowest BCUT2D eigenvalue weighted by molar-refractivity contribution is -0.140. The fraction of sp³-hybridized carbons (Fsp3) is 0.261. The van der Waals surface area contributed by atoms with Crippen molar-refractivity contribution in [2.75, 3.05) is 13.7 Å². The zero-order valence-corrected chi connectivity index (χ0v) is 16.9. The maximum atomic E-state index is 12.9. The number of aryl methyl sites for hydroxylation is 2. The third-order valence-corrected chi connectivity index (χ3v) is 4.83. The molecular weight excluding hydrogens is 366 g/mol. The zero-order chi connectivity index (χ0) is 20.8. The molecule has 2 aromatic carbocycles. The van der Waals surface area contributed by atoms with Gasteiger partial charge in [-0.15, -0.1) is 0 Å². The Kier molecular flexibility index (Phi) is 6.44. The molecule has 0 spiro atoms. The molecule has 29 heavy (non-hydrogen) atoms. The Morgan fingerprint density at radius 1 is 1.07 bits per heavy atom. The Labute approximate surface area is 170 Å². The van der Waals surface area contributed by atoms with E-state index in [2.05, 4.69) is 17.0 Å². The van der Waals surface area contributed by atoms with Crippen molar-refractivity contribution in [1.82, 2.24) is 15.1 Å². The molecule has 0 radical (unpaired) electrons. The number of amides is 1. The van der Waals surface area contributed by atoms with Gasteiger partial charge in [0.1, 0.15) is 5.69 Å². The molecule has 3 rings (SSSR count). The third kappa shape index (κ3) is 4.90. The minimum Gasteiger partial charge on any atom is -0.469 e. The van der Waals surface area contributed by atoms with Crippen molar-refractivity contribution in [3.63, 3.8) is 0 Å². The lowest BCUT2D eigenvalue weighted by Crippen LogP contribution is -2.25. The predicted molar refractivity (Wildman–Crippen MR) is 112 cm³/mol. The maximum absolute atomic E-state index is 12.9. The van der Waals surface area contributed by atoms with Crippen LogP contribution in [0, 0.1) is 13.8 Å². The molecule has 0 fully saturated rings. The van der Waals surface area contributed by atoms with Gasteiger partial charge in [0.15, 0.2) is 0 Å². The van der Waals surface area contributed by atoms with E-state index in [1.165, 1.54) is 12.7 Å². The lowest BCUT2D eigenvalue weighted by Gasteiger charge is -2.07. The van der Waals surface area contributed by atoms with Gasteiger partial charge in [-0.05, 0) is 49.6 Å². The fourth-order valence-electron chi connectivity index (χ4n) is 2.99. The van der Waals surface area contributed by atoms with Crippen LogP contribution < -0.4 is 5.32 Å². The van der Waals surface area contributed by atoms with Crippen molar-refractivity contribution in [3.8, 4) is 16.9 Å². The zero-order valence-electron chi connectivity index (χ0n) is 16.9. The van der Waals surface area contributed by atoms with E-state index >= 15 is 0 Å². The van der Waals surface area contributed by atoms with Gasteiger partial charge in [-0.2, -0.15) is 5.10 Å². The summed E-state index contributed by atoms with van der Waals surface area (Å²) < 4.78 is 6.34. The summed E-state index contributed by atoms with van der Waals surface area (Å²) in [5.74, 6) is -0.503. The molecule has 0 aliphatic heterocycles. The second-order valence-corrected chi connectivity index (χ2v) is 6.91. The van der Waals surface area contributed by atoms with Gasteiger partial charge in [0.25, 0.3) is 5.91 Å². The van der Waals surface area contributed by atoms with Crippen LogP contribution in [0.2, 0.25) is 0 Å². The number of aromatic nitrogens is 2. The second-order valence-electron chi connectivity index (χ2n) is 6.91. The molecular formula is C23H25N3O3. The first-order chi connectivity index (χ1) is 14.0. The van der Waals surface area contributed by atoms with Crippen LogP contribution >= 0.6 is 0 Å². The van der Waals surface area contributed by atoms with Gasteiger partial charge in [0, 0.05) is 24.7 Å². The maximum Gasteiger partial charge on any atom is 0.305 e. The smallest absolute Gasteiger partial charge is 0.305 e. The number of hydrogen-bond donors (Lipinski definition) is 1. The monoisotopic (exact) mass is 391 g/mol. The normalized spacial score (nSPS) is 10.6. The van der Waals surface area contributed by atoms with Crippen molar-refractivity contribution < 1.29 is 14.3 Å². The van der Waals surface area contributed by atoms with Gasteiger partial charge < -0.3 is 10.1 Å². The number of nitrogens with zero attached hydrogens (tertiary/aromatic N) is 2. The summed E-state index contributed by atoms with van der Waals surface area (Å²) in [6.45, 7) is 4.48. The van der Waals surface area contributed by atoms with Crippen LogP contribution in [0.25, 0.3) is 16.9 Å². The van der Waals surface area contributed by atoms with Crippen LogP contribution in [0.3, 0.4) is 0 Å². The molecule has 0 saturated carbocycles. The highest BCUT2D eigenvalue weighted by atomic mass is 16.5. The molecule has 150 valence electrons. The van der Waals surface area contributed by atoms with Crippen LogP contribution in [0.5, 0.6) is 0 Å². The minimum absolute atomic E-state index is 0.217. The molecule has 0 saturated heterocycles. The number of para-hydroxylation sites is 1. The highest BCUT2D eigenvalue weighted by Gasteiger charge is 2.19. The van der Waals surface area contributed by atoms with E-state index < -0.39 is 0 Å².